The molecule has 0 aliphatic heterocycles. The lowest BCUT2D eigenvalue weighted by molar-refractivity contribution is -0.141. The van der Waals surface area contributed by atoms with Crippen LogP contribution in [0.5, 0.6) is 0 Å². The molecule has 2 rings (SSSR count). The third kappa shape index (κ3) is 4.34. The Labute approximate surface area is 121 Å². The Kier molecular flexibility index (Phi) is 4.92. The molecule has 0 unspecified atom stereocenters. The molecule has 1 aromatic carbocycles. The molecule has 0 radical (unpaired) electrons. The highest BCUT2D eigenvalue weighted by Gasteiger charge is 2.10. The number of ether oxygens (including phenoxy) is 1. The number of carbonyl (C=O) groups excluding carboxylic acids is 2. The van der Waals surface area contributed by atoms with Gasteiger partial charge in [-0.3, -0.25) is 10.1 Å². The summed E-state index contributed by atoms with van der Waals surface area (Å²) < 4.78 is 9.82. The van der Waals surface area contributed by atoms with E-state index in [0.29, 0.717) is 5.76 Å². The molecular formula is C14H15N3O4. The maximum atomic E-state index is 11.6. The number of benzene rings is 1. The Morgan fingerprint density at radius 1 is 1.29 bits per heavy atom. The van der Waals surface area contributed by atoms with Crippen molar-refractivity contribution in [2.75, 3.05) is 18.5 Å². The van der Waals surface area contributed by atoms with Crippen molar-refractivity contribution in [1.29, 1.82) is 0 Å². The summed E-state index contributed by atoms with van der Waals surface area (Å²) in [6.45, 7) is 1.76. The summed E-state index contributed by atoms with van der Waals surface area (Å²) in [7, 11) is 0. The van der Waals surface area contributed by atoms with Crippen LogP contribution in [-0.4, -0.2) is 30.3 Å². The standard InChI is InChI=1S/C14H15N3O4/c1-2-20-13(18)9-15-14(19)16-12-8-11(21-17-12)10-6-4-3-5-7-10/h3-8H,2,9H2,1H3,(H2,15,16,17,19). The molecule has 2 amide bonds. The molecule has 0 aliphatic rings. The average Bonchev–Trinajstić information content (AvgIpc) is 2.95. The van der Waals surface area contributed by atoms with Gasteiger partial charge in [-0.1, -0.05) is 35.5 Å². The minimum atomic E-state index is -0.559. The van der Waals surface area contributed by atoms with Crippen molar-refractivity contribution >= 4 is 17.8 Å². The van der Waals surface area contributed by atoms with Crippen molar-refractivity contribution in [2.45, 2.75) is 6.92 Å². The van der Waals surface area contributed by atoms with Crippen LogP contribution in [0.3, 0.4) is 0 Å². The van der Waals surface area contributed by atoms with Crippen molar-refractivity contribution in [3.63, 3.8) is 0 Å². The number of urea groups is 1. The molecule has 110 valence electrons. The first-order valence-electron chi connectivity index (χ1n) is 6.41. The highest BCUT2D eigenvalue weighted by molar-refractivity contribution is 5.90. The number of aromatic nitrogens is 1. The molecule has 0 saturated heterocycles. The van der Waals surface area contributed by atoms with Crippen molar-refractivity contribution in [3.05, 3.63) is 36.4 Å². The number of anilines is 1. The molecule has 0 spiro atoms. The van der Waals surface area contributed by atoms with E-state index in [2.05, 4.69) is 20.5 Å². The number of amides is 2. The second-order valence-corrected chi connectivity index (χ2v) is 4.06. The van der Waals surface area contributed by atoms with Crippen LogP contribution in [0.2, 0.25) is 0 Å². The van der Waals surface area contributed by atoms with Gasteiger partial charge in [-0.2, -0.15) is 0 Å². The highest BCUT2D eigenvalue weighted by Crippen LogP contribution is 2.21. The van der Waals surface area contributed by atoms with Gasteiger partial charge >= 0.3 is 12.0 Å². The zero-order valence-electron chi connectivity index (χ0n) is 11.5. The van der Waals surface area contributed by atoms with E-state index < -0.39 is 12.0 Å². The fraction of sp³-hybridized carbons (Fsp3) is 0.214. The Hall–Kier alpha value is -2.83. The number of carbonyl (C=O) groups is 2. The largest absolute Gasteiger partial charge is 0.465 e. The van der Waals surface area contributed by atoms with Gasteiger partial charge in [-0.25, -0.2) is 4.79 Å². The molecule has 2 aromatic rings. The molecule has 7 nitrogen and oxygen atoms in total. The van der Waals surface area contributed by atoms with Gasteiger partial charge in [0.1, 0.15) is 6.54 Å². The van der Waals surface area contributed by atoms with Crippen LogP contribution in [0.1, 0.15) is 6.92 Å². The minimum Gasteiger partial charge on any atom is -0.465 e. The number of esters is 1. The number of hydrogen-bond acceptors (Lipinski definition) is 5. The predicted octanol–water partition coefficient (Wildman–Crippen LogP) is 2.03. The van der Waals surface area contributed by atoms with E-state index in [-0.39, 0.29) is 19.0 Å². The molecule has 0 bridgehead atoms. The monoisotopic (exact) mass is 289 g/mol. The maximum absolute atomic E-state index is 11.6. The lowest BCUT2D eigenvalue weighted by Gasteiger charge is -2.04. The van der Waals surface area contributed by atoms with Crippen molar-refractivity contribution in [3.8, 4) is 11.3 Å². The first-order valence-corrected chi connectivity index (χ1v) is 6.41. The molecule has 7 heteroatoms. The zero-order valence-corrected chi connectivity index (χ0v) is 11.5. The molecule has 0 aliphatic carbocycles. The SMILES string of the molecule is CCOC(=O)CNC(=O)Nc1cc(-c2ccccc2)on1. The van der Waals surface area contributed by atoms with Gasteiger partial charge in [0.2, 0.25) is 0 Å². The third-order valence-corrected chi connectivity index (χ3v) is 2.51. The second-order valence-electron chi connectivity index (χ2n) is 4.06. The molecule has 1 aromatic heterocycles. The maximum Gasteiger partial charge on any atom is 0.325 e. The van der Waals surface area contributed by atoms with Crippen molar-refractivity contribution in [1.82, 2.24) is 10.5 Å². The van der Waals surface area contributed by atoms with Crippen LogP contribution in [-0.2, 0) is 9.53 Å². The Balaban J connectivity index is 1.88. The van der Waals surface area contributed by atoms with Crippen LogP contribution in [0.15, 0.2) is 40.9 Å². The zero-order chi connectivity index (χ0) is 15.1. The lowest BCUT2D eigenvalue weighted by atomic mass is 10.2. The lowest BCUT2D eigenvalue weighted by Crippen LogP contribution is -2.34. The Bertz CT molecular complexity index is 610. The number of nitrogens with one attached hydrogen (secondary N) is 2. The second kappa shape index (κ2) is 7.09. The molecule has 21 heavy (non-hydrogen) atoms. The molecule has 1 heterocycles. The van der Waals surface area contributed by atoms with Crippen LogP contribution in [0.4, 0.5) is 10.6 Å². The van der Waals surface area contributed by atoms with Crippen LogP contribution >= 0.6 is 0 Å². The summed E-state index contributed by atoms with van der Waals surface area (Å²) in [6, 6.07) is 10.4. The smallest absolute Gasteiger partial charge is 0.325 e. The van der Waals surface area contributed by atoms with Crippen LogP contribution < -0.4 is 10.6 Å². The number of nitrogens with zero attached hydrogens (tertiary/aromatic N) is 1. The first-order chi connectivity index (χ1) is 10.2. The number of rotatable bonds is 5. The topological polar surface area (TPSA) is 93.5 Å². The summed E-state index contributed by atoms with van der Waals surface area (Å²) in [5.74, 6) is 0.296. The van der Waals surface area contributed by atoms with Gasteiger partial charge in [0, 0.05) is 11.6 Å². The summed E-state index contributed by atoms with van der Waals surface area (Å²) in [4.78, 5) is 22.6. The predicted molar refractivity (Wildman–Crippen MR) is 75.6 cm³/mol. The van der Waals surface area contributed by atoms with Gasteiger partial charge < -0.3 is 14.6 Å². The van der Waals surface area contributed by atoms with Crippen molar-refractivity contribution in [2.24, 2.45) is 0 Å². The van der Waals surface area contributed by atoms with Crippen LogP contribution in [0, 0.1) is 0 Å². The van der Waals surface area contributed by atoms with Gasteiger partial charge in [-0.05, 0) is 6.92 Å². The Morgan fingerprint density at radius 2 is 2.05 bits per heavy atom. The van der Waals surface area contributed by atoms with E-state index in [4.69, 9.17) is 4.52 Å². The van der Waals surface area contributed by atoms with Crippen molar-refractivity contribution < 1.29 is 18.8 Å². The van der Waals surface area contributed by atoms with E-state index >= 15 is 0 Å². The molecule has 0 atom stereocenters. The fourth-order valence-electron chi connectivity index (χ4n) is 1.60. The van der Waals surface area contributed by atoms with E-state index in [1.165, 1.54) is 0 Å². The van der Waals surface area contributed by atoms with E-state index in [9.17, 15) is 9.59 Å². The van der Waals surface area contributed by atoms with Gasteiger partial charge in [0.05, 0.1) is 6.61 Å². The Morgan fingerprint density at radius 3 is 2.76 bits per heavy atom. The summed E-state index contributed by atoms with van der Waals surface area (Å²) in [5.41, 5.74) is 0.852. The third-order valence-electron chi connectivity index (χ3n) is 2.51. The molecule has 0 saturated carbocycles. The van der Waals surface area contributed by atoms with E-state index in [1.54, 1.807) is 13.0 Å². The normalized spacial score (nSPS) is 9.95. The summed E-state index contributed by atoms with van der Waals surface area (Å²) in [5, 5.41) is 8.56. The fourth-order valence-corrected chi connectivity index (χ4v) is 1.60. The van der Waals surface area contributed by atoms with Gasteiger partial charge in [0.25, 0.3) is 0 Å². The van der Waals surface area contributed by atoms with E-state index in [1.807, 2.05) is 30.3 Å². The molecular weight excluding hydrogens is 274 g/mol. The highest BCUT2D eigenvalue weighted by atomic mass is 16.5. The first kappa shape index (κ1) is 14.6. The average molecular weight is 289 g/mol. The molecule has 2 N–H and O–H groups in total. The van der Waals surface area contributed by atoms with E-state index in [0.717, 1.165) is 5.56 Å². The minimum absolute atomic E-state index is 0.205. The summed E-state index contributed by atoms with van der Waals surface area (Å²) >= 11 is 0. The van der Waals surface area contributed by atoms with Crippen LogP contribution in [0.25, 0.3) is 11.3 Å². The van der Waals surface area contributed by atoms with Gasteiger partial charge in [0.15, 0.2) is 11.6 Å². The number of hydrogen-bond donors (Lipinski definition) is 2. The summed E-state index contributed by atoms with van der Waals surface area (Å²) in [6.07, 6.45) is 0. The molecule has 0 fully saturated rings. The quantitative estimate of drug-likeness (QED) is 0.821. The van der Waals surface area contributed by atoms with Gasteiger partial charge in [-0.15, -0.1) is 0 Å².